The molecule has 1 aliphatic rings. The van der Waals surface area contributed by atoms with Gasteiger partial charge in [-0.1, -0.05) is 42.0 Å². The van der Waals surface area contributed by atoms with E-state index >= 15 is 0 Å². The summed E-state index contributed by atoms with van der Waals surface area (Å²) in [6, 6.07) is 17.7. The molecule has 0 unspecified atom stereocenters. The first kappa shape index (κ1) is 25.5. The quantitative estimate of drug-likeness (QED) is 0.344. The molecule has 1 heterocycles. The Hall–Kier alpha value is -3.71. The fourth-order valence-corrected chi connectivity index (χ4v) is 3.11. The van der Waals surface area contributed by atoms with Crippen molar-refractivity contribution < 1.29 is 19.4 Å². The van der Waals surface area contributed by atoms with Crippen molar-refractivity contribution in [2.24, 2.45) is 5.10 Å². The van der Waals surface area contributed by atoms with Gasteiger partial charge in [0.25, 0.3) is 5.91 Å². The van der Waals surface area contributed by atoms with Crippen LogP contribution in [0.5, 0.6) is 5.75 Å². The summed E-state index contributed by atoms with van der Waals surface area (Å²) in [6.07, 6.45) is 4.88. The van der Waals surface area contributed by atoms with Crippen molar-refractivity contribution in [1.29, 1.82) is 0 Å². The summed E-state index contributed by atoms with van der Waals surface area (Å²) in [7, 11) is 1.00. The van der Waals surface area contributed by atoms with Gasteiger partial charge in [-0.25, -0.2) is 5.01 Å². The number of rotatable bonds is 9. The minimum atomic E-state index is -0.169. The molecule has 0 saturated carbocycles. The van der Waals surface area contributed by atoms with Crippen molar-refractivity contribution in [1.82, 2.24) is 10.3 Å². The highest BCUT2D eigenvalue weighted by atomic mass is 16.5. The van der Waals surface area contributed by atoms with Crippen LogP contribution in [0.25, 0.3) is 5.70 Å². The predicted octanol–water partition coefficient (Wildman–Crippen LogP) is 3.91. The van der Waals surface area contributed by atoms with Gasteiger partial charge in [-0.05, 0) is 55.7 Å². The van der Waals surface area contributed by atoms with E-state index in [0.29, 0.717) is 18.6 Å². The largest absolute Gasteiger partial charge is 0.489 e. The van der Waals surface area contributed by atoms with Crippen molar-refractivity contribution in [3.05, 3.63) is 82.9 Å². The first-order valence-corrected chi connectivity index (χ1v) is 10.7. The number of aldehydes is 1. The molecular weight excluding hydrogens is 418 g/mol. The molecule has 0 aliphatic carbocycles. The Morgan fingerprint density at radius 1 is 1.12 bits per heavy atom. The molecule has 0 spiro atoms. The third-order valence-electron chi connectivity index (χ3n) is 4.73. The highest BCUT2D eigenvalue weighted by Gasteiger charge is 2.26. The Morgan fingerprint density at radius 3 is 2.45 bits per heavy atom. The maximum absolute atomic E-state index is 13.0. The Labute approximate surface area is 195 Å². The highest BCUT2D eigenvalue weighted by Crippen LogP contribution is 2.26. The van der Waals surface area contributed by atoms with Crippen LogP contribution < -0.4 is 10.1 Å². The summed E-state index contributed by atoms with van der Waals surface area (Å²) in [5, 5.41) is 15.8. The van der Waals surface area contributed by atoms with Gasteiger partial charge in [-0.3, -0.25) is 4.79 Å². The zero-order valence-electron chi connectivity index (χ0n) is 19.3. The lowest BCUT2D eigenvalue weighted by Crippen LogP contribution is -2.41. The monoisotopic (exact) mass is 449 g/mol. The van der Waals surface area contributed by atoms with Crippen molar-refractivity contribution in [2.75, 3.05) is 13.8 Å². The van der Waals surface area contributed by atoms with E-state index in [1.165, 1.54) is 11.2 Å². The maximum Gasteiger partial charge on any atom is 0.274 e. The number of nitrogens with one attached hydrogen (secondary N) is 1. The molecule has 7 nitrogen and oxygen atoms in total. The van der Waals surface area contributed by atoms with Crippen LogP contribution in [0.3, 0.4) is 0 Å². The minimum absolute atomic E-state index is 0.169. The molecular formula is C26H31N3O4. The number of benzene rings is 2. The lowest BCUT2D eigenvalue weighted by atomic mass is 10.0. The summed E-state index contributed by atoms with van der Waals surface area (Å²) in [4.78, 5) is 23.5. The average molecular weight is 450 g/mol. The Kier molecular flexibility index (Phi) is 10.6. The summed E-state index contributed by atoms with van der Waals surface area (Å²) in [5.41, 5.74) is 4.57. The normalized spacial score (nSPS) is 13.2. The molecule has 0 atom stereocenters. The van der Waals surface area contributed by atoms with E-state index in [0.717, 1.165) is 41.5 Å². The Balaban J connectivity index is 0.00000187. The smallest absolute Gasteiger partial charge is 0.274 e. The van der Waals surface area contributed by atoms with Crippen LogP contribution in [-0.4, -0.2) is 42.3 Å². The van der Waals surface area contributed by atoms with Crippen LogP contribution in [0.15, 0.2) is 76.9 Å². The third-order valence-corrected chi connectivity index (χ3v) is 4.73. The summed E-state index contributed by atoms with van der Waals surface area (Å²) >= 11 is 0. The molecule has 0 fully saturated rings. The first-order chi connectivity index (χ1) is 16.1. The van der Waals surface area contributed by atoms with E-state index in [9.17, 15) is 9.59 Å². The molecule has 7 heteroatoms. The van der Waals surface area contributed by atoms with Gasteiger partial charge >= 0.3 is 0 Å². The second-order valence-electron chi connectivity index (χ2n) is 7.38. The van der Waals surface area contributed by atoms with Crippen LogP contribution in [0.4, 0.5) is 0 Å². The predicted molar refractivity (Wildman–Crippen MR) is 130 cm³/mol. The van der Waals surface area contributed by atoms with E-state index in [2.05, 4.69) is 10.4 Å². The molecule has 0 saturated heterocycles. The number of hydrogen-bond donors (Lipinski definition) is 2. The van der Waals surface area contributed by atoms with Crippen molar-refractivity contribution in [2.45, 2.75) is 33.3 Å². The molecule has 174 valence electrons. The number of hydrogen-bond acceptors (Lipinski definition) is 6. The SMILES string of the molecule is CC(C)=CCC1=C(c2ccc(OCc3ccccc3)cc2)NCN(/N=C\CC=O)C1=O.CO. The van der Waals surface area contributed by atoms with Gasteiger partial charge in [0.15, 0.2) is 0 Å². The molecule has 33 heavy (non-hydrogen) atoms. The topological polar surface area (TPSA) is 91.2 Å². The second-order valence-corrected chi connectivity index (χ2v) is 7.38. The van der Waals surface area contributed by atoms with Gasteiger partial charge < -0.3 is 20.0 Å². The van der Waals surface area contributed by atoms with Gasteiger partial charge in [-0.2, -0.15) is 5.10 Å². The molecule has 0 bridgehead atoms. The Morgan fingerprint density at radius 2 is 1.82 bits per heavy atom. The van der Waals surface area contributed by atoms with E-state index < -0.39 is 0 Å². The van der Waals surface area contributed by atoms with Crippen LogP contribution in [0, 0.1) is 0 Å². The number of ether oxygens (including phenoxy) is 1. The van der Waals surface area contributed by atoms with Gasteiger partial charge in [-0.15, -0.1) is 0 Å². The zero-order valence-corrected chi connectivity index (χ0v) is 19.3. The molecule has 0 aromatic heterocycles. The van der Waals surface area contributed by atoms with Crippen LogP contribution in [0.2, 0.25) is 0 Å². The zero-order chi connectivity index (χ0) is 24.1. The molecule has 2 aromatic rings. The fraction of sp³-hybridized carbons (Fsp3) is 0.269. The van der Waals surface area contributed by atoms with E-state index in [1.54, 1.807) is 0 Å². The van der Waals surface area contributed by atoms with E-state index in [1.807, 2.05) is 74.5 Å². The molecule has 2 aromatic carbocycles. The van der Waals surface area contributed by atoms with Crippen molar-refractivity contribution in [3.63, 3.8) is 0 Å². The lowest BCUT2D eigenvalue weighted by Gasteiger charge is -2.28. The van der Waals surface area contributed by atoms with Crippen LogP contribution in [0.1, 0.15) is 37.8 Å². The van der Waals surface area contributed by atoms with E-state index in [4.69, 9.17) is 9.84 Å². The van der Waals surface area contributed by atoms with Crippen LogP contribution >= 0.6 is 0 Å². The van der Waals surface area contributed by atoms with Gasteiger partial charge in [0.05, 0.1) is 5.70 Å². The van der Waals surface area contributed by atoms with Gasteiger partial charge in [0, 0.05) is 25.3 Å². The number of amides is 1. The van der Waals surface area contributed by atoms with Gasteiger partial charge in [0.1, 0.15) is 25.3 Å². The standard InChI is InChI=1S/C25H27N3O3.CH4O/c1-19(2)9-14-23-24(26-18-28(25(23)30)27-15-6-16-29)21-10-12-22(13-11-21)31-17-20-7-4-3-5-8-20;1-2/h3-5,7-13,15-16,26H,6,14,17-18H2,1-2H3;2H,1H3/b27-15-;. The summed E-state index contributed by atoms with van der Waals surface area (Å²) in [6.45, 7) is 4.74. The van der Waals surface area contributed by atoms with Crippen LogP contribution in [-0.2, 0) is 16.2 Å². The summed E-state index contributed by atoms with van der Waals surface area (Å²) < 4.78 is 5.86. The van der Waals surface area contributed by atoms with E-state index in [-0.39, 0.29) is 19.0 Å². The maximum atomic E-state index is 13.0. The molecule has 3 rings (SSSR count). The Bertz CT molecular complexity index is 992. The average Bonchev–Trinajstić information content (AvgIpc) is 2.85. The molecule has 1 amide bonds. The number of aliphatic hydroxyl groups excluding tert-OH is 1. The van der Waals surface area contributed by atoms with Crippen molar-refractivity contribution >= 4 is 24.1 Å². The molecule has 0 radical (unpaired) electrons. The number of nitrogens with zero attached hydrogens (tertiary/aromatic N) is 2. The minimum Gasteiger partial charge on any atom is -0.489 e. The molecule has 2 N–H and O–H groups in total. The van der Waals surface area contributed by atoms with Crippen molar-refractivity contribution in [3.8, 4) is 5.75 Å². The summed E-state index contributed by atoms with van der Waals surface area (Å²) in [5.74, 6) is 0.596. The number of aliphatic hydroxyl groups is 1. The number of hydrazone groups is 1. The fourth-order valence-electron chi connectivity index (χ4n) is 3.11. The number of allylic oxidation sites excluding steroid dienone is 2. The molecule has 1 aliphatic heterocycles. The highest BCUT2D eigenvalue weighted by molar-refractivity contribution is 6.02. The second kappa shape index (κ2) is 13.6. The first-order valence-electron chi connectivity index (χ1n) is 10.7. The van der Waals surface area contributed by atoms with Gasteiger partial charge in [0.2, 0.25) is 0 Å². The lowest BCUT2D eigenvalue weighted by molar-refractivity contribution is -0.128. The third kappa shape index (κ3) is 7.73. The number of carbonyl (C=O) groups excluding carboxylic acids is 2. The number of carbonyl (C=O) groups is 2.